The molecule has 3 nitrogen and oxygen atoms in total. The van der Waals surface area contributed by atoms with Gasteiger partial charge in [0.1, 0.15) is 17.3 Å². The van der Waals surface area contributed by atoms with E-state index in [-0.39, 0.29) is 29.7 Å². The van der Waals surface area contributed by atoms with Crippen LogP contribution in [0.5, 0.6) is 0 Å². The molecule has 0 aliphatic rings. The van der Waals surface area contributed by atoms with E-state index in [0.29, 0.717) is 19.3 Å². The summed E-state index contributed by atoms with van der Waals surface area (Å²) in [5, 5.41) is 0. The average Bonchev–Trinajstić information content (AvgIpc) is 2.12. The first-order valence-electron chi connectivity index (χ1n) is 5.01. The second-order valence-corrected chi connectivity index (χ2v) is 3.67. The molecule has 0 saturated heterocycles. The molecular formula is C11H18O3. The van der Waals surface area contributed by atoms with Crippen molar-refractivity contribution in [1.82, 2.24) is 0 Å². The van der Waals surface area contributed by atoms with E-state index in [1.54, 1.807) is 13.8 Å². The Balaban J connectivity index is 3.84. The van der Waals surface area contributed by atoms with E-state index in [2.05, 4.69) is 0 Å². The molecule has 1 unspecified atom stereocenters. The molecule has 1 atom stereocenters. The quantitative estimate of drug-likeness (QED) is 0.628. The zero-order valence-electron chi connectivity index (χ0n) is 9.13. The molecule has 0 aromatic heterocycles. The summed E-state index contributed by atoms with van der Waals surface area (Å²) >= 11 is 0. The Morgan fingerprint density at radius 1 is 1.14 bits per heavy atom. The maximum atomic E-state index is 11.4. The van der Waals surface area contributed by atoms with Gasteiger partial charge in [-0.25, -0.2) is 0 Å². The van der Waals surface area contributed by atoms with Crippen LogP contribution in [0.15, 0.2) is 0 Å². The summed E-state index contributed by atoms with van der Waals surface area (Å²) in [5.41, 5.74) is 0. The average molecular weight is 198 g/mol. The fourth-order valence-electron chi connectivity index (χ4n) is 1.23. The third kappa shape index (κ3) is 5.62. The van der Waals surface area contributed by atoms with Gasteiger partial charge in [0, 0.05) is 31.6 Å². The third-order valence-electron chi connectivity index (χ3n) is 2.19. The standard InChI is InChI=1S/C11H18O3/c1-4-10(13)5-6-11(14)8(2)7-9(3)12/h8H,4-7H2,1-3H3. The second kappa shape index (κ2) is 6.46. The molecule has 14 heavy (non-hydrogen) atoms. The third-order valence-corrected chi connectivity index (χ3v) is 2.19. The molecule has 0 heterocycles. The van der Waals surface area contributed by atoms with Crippen LogP contribution in [-0.2, 0) is 14.4 Å². The van der Waals surface area contributed by atoms with Crippen LogP contribution >= 0.6 is 0 Å². The minimum Gasteiger partial charge on any atom is -0.300 e. The lowest BCUT2D eigenvalue weighted by Crippen LogP contribution is -2.15. The van der Waals surface area contributed by atoms with E-state index in [9.17, 15) is 14.4 Å². The number of hydrogen-bond acceptors (Lipinski definition) is 3. The number of carbonyl (C=O) groups excluding carboxylic acids is 3. The van der Waals surface area contributed by atoms with Gasteiger partial charge in [-0.15, -0.1) is 0 Å². The van der Waals surface area contributed by atoms with Gasteiger partial charge in [-0.3, -0.25) is 9.59 Å². The van der Waals surface area contributed by atoms with E-state index < -0.39 is 0 Å². The van der Waals surface area contributed by atoms with Crippen molar-refractivity contribution in [3.8, 4) is 0 Å². The highest BCUT2D eigenvalue weighted by atomic mass is 16.1. The van der Waals surface area contributed by atoms with Crippen LogP contribution < -0.4 is 0 Å². The van der Waals surface area contributed by atoms with Crippen LogP contribution in [0.4, 0.5) is 0 Å². The minimum absolute atomic E-state index is 0.0157. The zero-order chi connectivity index (χ0) is 11.1. The Bertz CT molecular complexity index is 231. The van der Waals surface area contributed by atoms with E-state index in [1.165, 1.54) is 6.92 Å². The van der Waals surface area contributed by atoms with Crippen LogP contribution in [0.1, 0.15) is 46.5 Å². The molecule has 0 aliphatic carbocycles. The molecule has 0 fully saturated rings. The van der Waals surface area contributed by atoms with Gasteiger partial charge in [-0.2, -0.15) is 0 Å². The summed E-state index contributed by atoms with van der Waals surface area (Å²) in [6.07, 6.45) is 1.37. The predicted molar refractivity (Wildman–Crippen MR) is 54.0 cm³/mol. The molecule has 0 aliphatic heterocycles. The van der Waals surface area contributed by atoms with Crippen molar-refractivity contribution in [2.24, 2.45) is 5.92 Å². The highest BCUT2D eigenvalue weighted by Crippen LogP contribution is 2.09. The maximum Gasteiger partial charge on any atom is 0.136 e. The van der Waals surface area contributed by atoms with Gasteiger partial charge in [0.05, 0.1) is 0 Å². The van der Waals surface area contributed by atoms with Crippen molar-refractivity contribution < 1.29 is 14.4 Å². The molecule has 0 spiro atoms. The fourth-order valence-corrected chi connectivity index (χ4v) is 1.23. The predicted octanol–water partition coefficient (Wildman–Crippen LogP) is 1.93. The fraction of sp³-hybridized carbons (Fsp3) is 0.727. The molecule has 0 rings (SSSR count). The van der Waals surface area contributed by atoms with Crippen LogP contribution in [-0.4, -0.2) is 17.3 Å². The van der Waals surface area contributed by atoms with Gasteiger partial charge in [-0.1, -0.05) is 13.8 Å². The van der Waals surface area contributed by atoms with E-state index >= 15 is 0 Å². The topological polar surface area (TPSA) is 51.2 Å². The lowest BCUT2D eigenvalue weighted by molar-refractivity contribution is -0.128. The lowest BCUT2D eigenvalue weighted by atomic mass is 9.96. The molecule has 3 heteroatoms. The van der Waals surface area contributed by atoms with Crippen molar-refractivity contribution in [2.75, 3.05) is 0 Å². The first-order valence-corrected chi connectivity index (χ1v) is 5.01. The Kier molecular flexibility index (Phi) is 6.00. The van der Waals surface area contributed by atoms with Crippen molar-refractivity contribution in [3.63, 3.8) is 0 Å². The molecule has 0 aromatic rings. The highest BCUT2D eigenvalue weighted by molar-refractivity contribution is 5.89. The Morgan fingerprint density at radius 3 is 2.14 bits per heavy atom. The summed E-state index contributed by atoms with van der Waals surface area (Å²) in [5.74, 6) is -0.0970. The van der Waals surface area contributed by atoms with Gasteiger partial charge in [-0.05, 0) is 6.92 Å². The van der Waals surface area contributed by atoms with Crippen molar-refractivity contribution >= 4 is 17.3 Å². The molecule has 0 bridgehead atoms. The molecule has 80 valence electrons. The zero-order valence-corrected chi connectivity index (χ0v) is 9.13. The summed E-state index contributed by atoms with van der Waals surface area (Å²) in [6, 6.07) is 0. The van der Waals surface area contributed by atoms with Crippen molar-refractivity contribution in [3.05, 3.63) is 0 Å². The summed E-state index contributed by atoms with van der Waals surface area (Å²) in [6.45, 7) is 4.99. The first-order chi connectivity index (χ1) is 6.47. The van der Waals surface area contributed by atoms with Gasteiger partial charge in [0.25, 0.3) is 0 Å². The maximum absolute atomic E-state index is 11.4. The number of hydrogen-bond donors (Lipinski definition) is 0. The van der Waals surface area contributed by atoms with Gasteiger partial charge in [0.15, 0.2) is 0 Å². The molecule has 0 aromatic carbocycles. The van der Waals surface area contributed by atoms with E-state index in [4.69, 9.17) is 0 Å². The Hall–Kier alpha value is -0.990. The molecule has 0 amide bonds. The number of rotatable bonds is 7. The van der Waals surface area contributed by atoms with Gasteiger partial charge in [0.2, 0.25) is 0 Å². The van der Waals surface area contributed by atoms with E-state index in [1.807, 2.05) is 0 Å². The Morgan fingerprint density at radius 2 is 1.71 bits per heavy atom. The van der Waals surface area contributed by atoms with Gasteiger partial charge >= 0.3 is 0 Å². The molecule has 0 N–H and O–H groups in total. The summed E-state index contributed by atoms with van der Waals surface area (Å²) < 4.78 is 0. The summed E-state index contributed by atoms with van der Waals surface area (Å²) in [7, 11) is 0. The largest absolute Gasteiger partial charge is 0.300 e. The molecule has 0 saturated carbocycles. The summed E-state index contributed by atoms with van der Waals surface area (Å²) in [4.78, 5) is 33.1. The number of ketones is 3. The van der Waals surface area contributed by atoms with Crippen LogP contribution in [0.2, 0.25) is 0 Å². The normalized spacial score (nSPS) is 12.2. The van der Waals surface area contributed by atoms with Crippen molar-refractivity contribution in [1.29, 1.82) is 0 Å². The molecule has 0 radical (unpaired) electrons. The highest BCUT2D eigenvalue weighted by Gasteiger charge is 2.15. The smallest absolute Gasteiger partial charge is 0.136 e. The second-order valence-electron chi connectivity index (χ2n) is 3.67. The molecular weight excluding hydrogens is 180 g/mol. The van der Waals surface area contributed by atoms with Crippen LogP contribution in [0.25, 0.3) is 0 Å². The van der Waals surface area contributed by atoms with Crippen molar-refractivity contribution in [2.45, 2.75) is 46.5 Å². The number of Topliss-reactive ketones (excluding diaryl/α,β-unsaturated/α-hetero) is 3. The number of carbonyl (C=O) groups is 3. The van der Waals surface area contributed by atoms with Crippen LogP contribution in [0, 0.1) is 5.92 Å². The van der Waals surface area contributed by atoms with Gasteiger partial charge < -0.3 is 4.79 Å². The first kappa shape index (κ1) is 13.0. The minimum atomic E-state index is -0.239. The SMILES string of the molecule is CCC(=O)CCC(=O)C(C)CC(C)=O. The van der Waals surface area contributed by atoms with E-state index in [0.717, 1.165) is 0 Å². The monoisotopic (exact) mass is 198 g/mol. The Labute approximate surface area is 84.9 Å². The van der Waals surface area contributed by atoms with Crippen LogP contribution in [0.3, 0.4) is 0 Å². The lowest BCUT2D eigenvalue weighted by Gasteiger charge is -2.06.